The van der Waals surface area contributed by atoms with E-state index in [0.717, 1.165) is 11.3 Å². The number of aromatic nitrogens is 2. The molecule has 1 unspecified atom stereocenters. The van der Waals surface area contributed by atoms with E-state index in [0.29, 0.717) is 11.4 Å². The van der Waals surface area contributed by atoms with Crippen LogP contribution in [-0.2, 0) is 4.79 Å². The van der Waals surface area contributed by atoms with Crippen LogP contribution in [0, 0.1) is 0 Å². The number of para-hydroxylation sites is 1. The molecular formula is C21H18N4O3. The summed E-state index contributed by atoms with van der Waals surface area (Å²) < 4.78 is 0. The zero-order chi connectivity index (χ0) is 19.5. The standard InChI is InChI=1S/C21H18N4O3/c26-19-11-13(14-5-1-2-6-16(14)24-19)12-23-20(27)15-8-9-18(25-21(15)28)17-7-3-4-10-22-17/h1-10,13H,11-12H2,(H,23,27)(H,24,26)(H,25,28). The molecule has 140 valence electrons. The van der Waals surface area contributed by atoms with Crippen LogP contribution >= 0.6 is 0 Å². The summed E-state index contributed by atoms with van der Waals surface area (Å²) in [5.74, 6) is -0.700. The molecule has 0 fully saturated rings. The molecule has 0 bridgehead atoms. The topological polar surface area (TPSA) is 104 Å². The molecular weight excluding hydrogens is 356 g/mol. The molecule has 1 aromatic carbocycles. The Morgan fingerprint density at radius 2 is 1.89 bits per heavy atom. The van der Waals surface area contributed by atoms with Crippen LogP contribution in [-0.4, -0.2) is 28.3 Å². The van der Waals surface area contributed by atoms with Gasteiger partial charge in [-0.15, -0.1) is 0 Å². The number of amides is 2. The summed E-state index contributed by atoms with van der Waals surface area (Å²) in [5.41, 5.74) is 2.43. The summed E-state index contributed by atoms with van der Waals surface area (Å²) in [4.78, 5) is 43.6. The highest BCUT2D eigenvalue weighted by Gasteiger charge is 2.25. The van der Waals surface area contributed by atoms with E-state index >= 15 is 0 Å². The lowest BCUT2D eigenvalue weighted by molar-refractivity contribution is -0.116. The van der Waals surface area contributed by atoms with Crippen molar-refractivity contribution in [2.75, 3.05) is 11.9 Å². The molecule has 0 radical (unpaired) electrons. The zero-order valence-corrected chi connectivity index (χ0v) is 14.9. The highest BCUT2D eigenvalue weighted by atomic mass is 16.2. The van der Waals surface area contributed by atoms with E-state index in [1.807, 2.05) is 30.3 Å². The first-order valence-electron chi connectivity index (χ1n) is 8.93. The normalized spacial score (nSPS) is 15.4. The Labute approximate surface area is 160 Å². The third-order valence-corrected chi connectivity index (χ3v) is 4.71. The van der Waals surface area contributed by atoms with Gasteiger partial charge in [0, 0.05) is 30.8 Å². The molecule has 3 heterocycles. The van der Waals surface area contributed by atoms with Crippen molar-refractivity contribution in [3.05, 3.63) is 82.3 Å². The minimum absolute atomic E-state index is 0.0215. The Morgan fingerprint density at radius 3 is 2.68 bits per heavy atom. The Hall–Kier alpha value is -3.74. The molecule has 0 saturated carbocycles. The number of nitrogens with one attached hydrogen (secondary N) is 3. The number of nitrogens with zero attached hydrogens (tertiary/aromatic N) is 1. The predicted octanol–water partition coefficient (Wildman–Crippen LogP) is 2.29. The Kier molecular flexibility index (Phi) is 4.72. The van der Waals surface area contributed by atoms with E-state index < -0.39 is 11.5 Å². The third-order valence-electron chi connectivity index (χ3n) is 4.71. The number of pyridine rings is 2. The number of carbonyl (C=O) groups excluding carboxylic acids is 2. The van der Waals surface area contributed by atoms with Gasteiger partial charge in [-0.25, -0.2) is 0 Å². The van der Waals surface area contributed by atoms with Gasteiger partial charge in [0.2, 0.25) is 5.91 Å². The number of anilines is 1. The van der Waals surface area contributed by atoms with Gasteiger partial charge in [-0.3, -0.25) is 19.4 Å². The maximum absolute atomic E-state index is 12.5. The van der Waals surface area contributed by atoms with E-state index in [1.165, 1.54) is 6.07 Å². The first-order valence-corrected chi connectivity index (χ1v) is 8.93. The van der Waals surface area contributed by atoms with Crippen molar-refractivity contribution in [2.45, 2.75) is 12.3 Å². The van der Waals surface area contributed by atoms with Crippen LogP contribution in [0.4, 0.5) is 5.69 Å². The maximum Gasteiger partial charge on any atom is 0.261 e. The fourth-order valence-corrected chi connectivity index (χ4v) is 3.32. The summed E-state index contributed by atoms with van der Waals surface area (Å²) in [6.07, 6.45) is 1.92. The van der Waals surface area contributed by atoms with E-state index in [4.69, 9.17) is 0 Å². The molecule has 1 atom stereocenters. The molecule has 7 heteroatoms. The third kappa shape index (κ3) is 3.55. The summed E-state index contributed by atoms with van der Waals surface area (Å²) in [7, 11) is 0. The Bertz CT molecular complexity index is 1090. The SMILES string of the molecule is O=C1CC(CNC(=O)c2ccc(-c3ccccn3)[nH]c2=O)c2ccccc2N1. The summed E-state index contributed by atoms with van der Waals surface area (Å²) in [6, 6.07) is 16.0. The average molecular weight is 374 g/mol. The number of hydrogen-bond donors (Lipinski definition) is 3. The van der Waals surface area contributed by atoms with E-state index in [9.17, 15) is 14.4 Å². The number of benzene rings is 1. The molecule has 28 heavy (non-hydrogen) atoms. The largest absolute Gasteiger partial charge is 0.351 e. The lowest BCUT2D eigenvalue weighted by Gasteiger charge is -2.25. The van der Waals surface area contributed by atoms with Gasteiger partial charge < -0.3 is 15.6 Å². The van der Waals surface area contributed by atoms with E-state index in [-0.39, 0.29) is 30.4 Å². The Balaban J connectivity index is 1.49. The molecule has 1 aliphatic rings. The Morgan fingerprint density at radius 1 is 1.07 bits per heavy atom. The molecule has 3 aromatic rings. The molecule has 1 aliphatic heterocycles. The second-order valence-corrected chi connectivity index (χ2v) is 6.58. The van der Waals surface area contributed by atoms with Gasteiger partial charge in [0.05, 0.1) is 11.4 Å². The maximum atomic E-state index is 12.5. The lowest BCUT2D eigenvalue weighted by atomic mass is 9.90. The van der Waals surface area contributed by atoms with Crippen LogP contribution in [0.3, 0.4) is 0 Å². The molecule has 7 nitrogen and oxygen atoms in total. The van der Waals surface area contributed by atoms with Crippen molar-refractivity contribution in [1.29, 1.82) is 0 Å². The molecule has 0 saturated heterocycles. The smallest absolute Gasteiger partial charge is 0.261 e. The molecule has 4 rings (SSSR count). The van der Waals surface area contributed by atoms with Crippen molar-refractivity contribution < 1.29 is 9.59 Å². The van der Waals surface area contributed by atoms with Crippen LogP contribution < -0.4 is 16.2 Å². The second-order valence-electron chi connectivity index (χ2n) is 6.58. The van der Waals surface area contributed by atoms with Crippen molar-refractivity contribution in [3.63, 3.8) is 0 Å². The molecule has 3 N–H and O–H groups in total. The number of rotatable bonds is 4. The summed E-state index contributed by atoms with van der Waals surface area (Å²) >= 11 is 0. The first kappa shape index (κ1) is 17.7. The zero-order valence-electron chi connectivity index (χ0n) is 14.9. The van der Waals surface area contributed by atoms with Gasteiger partial charge in [0.1, 0.15) is 5.56 Å². The highest BCUT2D eigenvalue weighted by molar-refractivity contribution is 5.96. The van der Waals surface area contributed by atoms with Crippen molar-refractivity contribution in [2.24, 2.45) is 0 Å². The minimum Gasteiger partial charge on any atom is -0.351 e. The van der Waals surface area contributed by atoms with Crippen LogP contribution in [0.15, 0.2) is 65.6 Å². The van der Waals surface area contributed by atoms with Gasteiger partial charge in [0.15, 0.2) is 0 Å². The van der Waals surface area contributed by atoms with Crippen molar-refractivity contribution in [1.82, 2.24) is 15.3 Å². The second kappa shape index (κ2) is 7.48. The predicted molar refractivity (Wildman–Crippen MR) is 105 cm³/mol. The number of fused-ring (bicyclic) bond motifs is 1. The van der Waals surface area contributed by atoms with Gasteiger partial charge in [-0.2, -0.15) is 0 Å². The first-order chi connectivity index (χ1) is 13.6. The van der Waals surface area contributed by atoms with Crippen LogP contribution in [0.25, 0.3) is 11.4 Å². The van der Waals surface area contributed by atoms with Crippen LogP contribution in [0.5, 0.6) is 0 Å². The highest BCUT2D eigenvalue weighted by Crippen LogP contribution is 2.31. The van der Waals surface area contributed by atoms with Gasteiger partial charge in [-0.05, 0) is 35.9 Å². The molecule has 0 spiro atoms. The van der Waals surface area contributed by atoms with Gasteiger partial charge in [-0.1, -0.05) is 24.3 Å². The minimum atomic E-state index is -0.484. The fourth-order valence-electron chi connectivity index (χ4n) is 3.32. The average Bonchev–Trinajstić information content (AvgIpc) is 2.72. The molecule has 2 amide bonds. The van der Waals surface area contributed by atoms with Crippen molar-refractivity contribution >= 4 is 17.5 Å². The quantitative estimate of drug-likeness (QED) is 0.652. The van der Waals surface area contributed by atoms with Crippen LogP contribution in [0.2, 0.25) is 0 Å². The monoisotopic (exact) mass is 374 g/mol. The molecule has 2 aromatic heterocycles. The lowest BCUT2D eigenvalue weighted by Crippen LogP contribution is -2.35. The fraction of sp³-hybridized carbons (Fsp3) is 0.143. The van der Waals surface area contributed by atoms with E-state index in [1.54, 1.807) is 24.4 Å². The number of H-pyrrole nitrogens is 1. The van der Waals surface area contributed by atoms with Gasteiger partial charge in [0.25, 0.3) is 11.5 Å². The van der Waals surface area contributed by atoms with Crippen LogP contribution in [0.1, 0.15) is 28.3 Å². The number of hydrogen-bond acceptors (Lipinski definition) is 4. The van der Waals surface area contributed by atoms with Gasteiger partial charge >= 0.3 is 0 Å². The van der Waals surface area contributed by atoms with E-state index in [2.05, 4.69) is 20.6 Å². The molecule has 0 aliphatic carbocycles. The summed E-state index contributed by atoms with van der Waals surface area (Å²) in [6.45, 7) is 0.269. The van der Waals surface area contributed by atoms with Crippen molar-refractivity contribution in [3.8, 4) is 11.4 Å². The number of aromatic amines is 1. The number of carbonyl (C=O) groups is 2. The summed E-state index contributed by atoms with van der Waals surface area (Å²) in [5, 5.41) is 5.60.